The van der Waals surface area contributed by atoms with Crippen LogP contribution in [0.1, 0.15) is 42.4 Å². The Balaban J connectivity index is 1.41. The van der Waals surface area contributed by atoms with Crippen LogP contribution in [0.2, 0.25) is 0 Å². The number of aryl methyl sites for hydroxylation is 2. The lowest BCUT2D eigenvalue weighted by molar-refractivity contribution is 0.0792. The zero-order valence-corrected chi connectivity index (χ0v) is 22.0. The lowest BCUT2D eigenvalue weighted by Crippen LogP contribution is -2.30. The van der Waals surface area contributed by atoms with E-state index < -0.39 is 12.0 Å². The highest BCUT2D eigenvalue weighted by molar-refractivity contribution is 6.02. The summed E-state index contributed by atoms with van der Waals surface area (Å²) >= 11 is 0. The largest absolute Gasteiger partial charge is 0.383 e. The molecule has 1 unspecified atom stereocenters. The number of carbonyl (C=O) groups is 1. The molecule has 5 aromatic rings. The quantitative estimate of drug-likeness (QED) is 0.230. The molecule has 0 radical (unpaired) electrons. The van der Waals surface area contributed by atoms with Crippen LogP contribution in [0.25, 0.3) is 28.0 Å². The van der Waals surface area contributed by atoms with Crippen LogP contribution in [0.3, 0.4) is 0 Å². The van der Waals surface area contributed by atoms with Gasteiger partial charge in [-0.1, -0.05) is 62.7 Å². The van der Waals surface area contributed by atoms with E-state index in [4.69, 9.17) is 10.8 Å². The monoisotopic (exact) mass is 510 g/mol. The molecule has 38 heavy (non-hydrogen) atoms. The fraction of sp³-hybridized carbons (Fsp3) is 0.250. The molecule has 0 saturated heterocycles. The second kappa shape index (κ2) is 9.38. The molecule has 0 aliphatic carbocycles. The number of rotatable bonds is 6. The number of hydrogen-bond acceptors (Lipinski definition) is 8. The Kier molecular flexibility index (Phi) is 6.20. The highest BCUT2D eigenvalue weighted by Crippen LogP contribution is 2.30. The minimum atomic E-state index is -1.48. The molecular weight excluding hydrogens is 480 g/mol. The molecular formula is C28H30N8O2. The van der Waals surface area contributed by atoms with Crippen molar-refractivity contribution in [2.24, 2.45) is 7.05 Å². The van der Waals surface area contributed by atoms with E-state index in [9.17, 15) is 9.90 Å². The first-order valence-electron chi connectivity index (χ1n) is 12.2. The third kappa shape index (κ3) is 4.61. The van der Waals surface area contributed by atoms with Gasteiger partial charge in [0.15, 0.2) is 11.9 Å². The number of hydrogen-bond donors (Lipinski definition) is 3. The number of carbonyl (C=O) groups excluding carboxylic acids is 1. The lowest BCUT2D eigenvalue weighted by atomic mass is 9.92. The summed E-state index contributed by atoms with van der Waals surface area (Å²) in [6.45, 7) is 8.20. The summed E-state index contributed by atoms with van der Waals surface area (Å²) in [6.07, 6.45) is -0.0802. The average Bonchev–Trinajstić information content (AvgIpc) is 3.46. The molecule has 0 amide bonds. The summed E-state index contributed by atoms with van der Waals surface area (Å²) in [7, 11) is 1.78. The van der Waals surface area contributed by atoms with E-state index >= 15 is 0 Å². The predicted molar refractivity (Wildman–Crippen MR) is 147 cm³/mol. The van der Waals surface area contributed by atoms with Gasteiger partial charge >= 0.3 is 0 Å². The number of anilines is 2. The molecule has 5 rings (SSSR count). The van der Waals surface area contributed by atoms with Crippen LogP contribution in [0.5, 0.6) is 0 Å². The number of nitrogens with one attached hydrogen (secondary N) is 1. The van der Waals surface area contributed by atoms with E-state index in [1.807, 2.05) is 37.3 Å². The molecule has 194 valence electrons. The number of fused-ring (bicyclic) bond motifs is 1. The zero-order valence-electron chi connectivity index (χ0n) is 22.0. The molecule has 0 aliphatic rings. The minimum absolute atomic E-state index is 0.221. The first-order chi connectivity index (χ1) is 18.0. The minimum Gasteiger partial charge on any atom is -0.383 e. The summed E-state index contributed by atoms with van der Waals surface area (Å²) in [5.74, 6) is 0.378. The van der Waals surface area contributed by atoms with Gasteiger partial charge in [-0.3, -0.25) is 4.79 Å². The maximum atomic E-state index is 13.2. The predicted octanol–water partition coefficient (Wildman–Crippen LogP) is 4.02. The van der Waals surface area contributed by atoms with E-state index in [1.54, 1.807) is 40.7 Å². The number of ketones is 1. The van der Waals surface area contributed by atoms with Gasteiger partial charge in [0, 0.05) is 29.7 Å². The normalized spacial score (nSPS) is 12.6. The number of Topliss-reactive ketones (excluding diaryl/α,β-unsaturated/α-hetero) is 1. The molecule has 0 spiro atoms. The molecule has 0 bridgehead atoms. The Labute approximate surface area is 220 Å². The third-order valence-electron chi connectivity index (χ3n) is 6.38. The zero-order chi connectivity index (χ0) is 27.2. The van der Waals surface area contributed by atoms with Crippen molar-refractivity contribution in [3.63, 3.8) is 0 Å². The highest BCUT2D eigenvalue weighted by atomic mass is 16.3. The third-order valence-corrected chi connectivity index (χ3v) is 6.38. The SMILES string of the molecule is Cc1ccc(-n2nc(C(C)(C)C)cc2NC(O)C(=O)c2ccc(-c3nn(C)c4ncnc(N)c34)cc2)cc1. The Morgan fingerprint density at radius 3 is 2.37 bits per heavy atom. The number of benzene rings is 2. The molecule has 4 N–H and O–H groups in total. The van der Waals surface area contributed by atoms with Crippen LogP contribution in [0.15, 0.2) is 60.9 Å². The van der Waals surface area contributed by atoms with Gasteiger partial charge < -0.3 is 16.2 Å². The van der Waals surface area contributed by atoms with Crippen LogP contribution in [-0.2, 0) is 12.5 Å². The number of nitrogens with two attached hydrogens (primary N) is 1. The topological polar surface area (TPSA) is 137 Å². The molecule has 1 atom stereocenters. The van der Waals surface area contributed by atoms with Gasteiger partial charge in [0.05, 0.1) is 16.8 Å². The highest BCUT2D eigenvalue weighted by Gasteiger charge is 2.24. The standard InChI is InChI=1S/C28H30N8O2/c1-16-6-12-19(13-7-16)36-21(14-20(33-36)28(2,3)4)32-27(38)24(37)18-10-8-17(9-11-18)23-22-25(29)30-15-31-26(22)35(5)34-23/h6-15,27,32,38H,1-5H3,(H2,29,30,31). The van der Waals surface area contributed by atoms with Crippen molar-refractivity contribution in [3.8, 4) is 16.9 Å². The molecule has 0 aliphatic heterocycles. The Morgan fingerprint density at radius 2 is 1.71 bits per heavy atom. The first kappa shape index (κ1) is 25.1. The lowest BCUT2D eigenvalue weighted by Gasteiger charge is -2.15. The van der Waals surface area contributed by atoms with Gasteiger partial charge in [0.25, 0.3) is 0 Å². The van der Waals surface area contributed by atoms with Crippen molar-refractivity contribution in [1.29, 1.82) is 0 Å². The van der Waals surface area contributed by atoms with Gasteiger partial charge in [-0.2, -0.15) is 10.2 Å². The van der Waals surface area contributed by atoms with E-state index in [0.717, 1.165) is 22.5 Å². The Morgan fingerprint density at radius 1 is 1.03 bits per heavy atom. The van der Waals surface area contributed by atoms with Crippen LogP contribution in [0.4, 0.5) is 11.6 Å². The summed E-state index contributed by atoms with van der Waals surface area (Å²) in [4.78, 5) is 21.5. The van der Waals surface area contributed by atoms with Crippen molar-refractivity contribution in [3.05, 3.63) is 77.7 Å². The van der Waals surface area contributed by atoms with E-state index in [2.05, 4.69) is 41.2 Å². The van der Waals surface area contributed by atoms with E-state index in [-0.39, 0.29) is 5.41 Å². The smallest absolute Gasteiger partial charge is 0.211 e. The molecule has 3 aromatic heterocycles. The van der Waals surface area contributed by atoms with Crippen LogP contribution in [0, 0.1) is 6.92 Å². The number of aliphatic hydroxyl groups excluding tert-OH is 1. The van der Waals surface area contributed by atoms with Crippen molar-refractivity contribution in [1.82, 2.24) is 29.5 Å². The maximum Gasteiger partial charge on any atom is 0.211 e. The fourth-order valence-electron chi connectivity index (χ4n) is 4.20. The number of nitrogen functional groups attached to an aromatic ring is 1. The maximum absolute atomic E-state index is 13.2. The van der Waals surface area contributed by atoms with Crippen LogP contribution < -0.4 is 11.1 Å². The number of aromatic nitrogens is 6. The first-order valence-corrected chi connectivity index (χ1v) is 12.2. The Bertz CT molecular complexity index is 1630. The van der Waals surface area contributed by atoms with Crippen LogP contribution in [-0.4, -0.2) is 46.6 Å². The van der Waals surface area contributed by atoms with Crippen molar-refractivity contribution in [2.75, 3.05) is 11.1 Å². The molecule has 10 nitrogen and oxygen atoms in total. The molecule has 2 aromatic carbocycles. The average molecular weight is 511 g/mol. The van der Waals surface area contributed by atoms with E-state index in [0.29, 0.717) is 33.9 Å². The fourth-order valence-corrected chi connectivity index (χ4v) is 4.20. The molecule has 3 heterocycles. The molecule has 10 heteroatoms. The van der Waals surface area contributed by atoms with Gasteiger partial charge in [0.1, 0.15) is 23.7 Å². The summed E-state index contributed by atoms with van der Waals surface area (Å²) in [5.41, 5.74) is 11.0. The van der Waals surface area contributed by atoms with Gasteiger partial charge in [-0.25, -0.2) is 19.3 Å². The second-order valence-corrected chi connectivity index (χ2v) is 10.3. The summed E-state index contributed by atoms with van der Waals surface area (Å²) in [5, 5.41) is 23.7. The Hall–Kier alpha value is -4.57. The second-order valence-electron chi connectivity index (χ2n) is 10.3. The number of aliphatic hydroxyl groups is 1. The van der Waals surface area contributed by atoms with Gasteiger partial charge in [0.2, 0.25) is 5.78 Å². The van der Waals surface area contributed by atoms with E-state index in [1.165, 1.54) is 6.33 Å². The van der Waals surface area contributed by atoms with Crippen molar-refractivity contribution >= 4 is 28.5 Å². The van der Waals surface area contributed by atoms with Crippen molar-refractivity contribution in [2.45, 2.75) is 39.3 Å². The van der Waals surface area contributed by atoms with Crippen molar-refractivity contribution < 1.29 is 9.90 Å². The van der Waals surface area contributed by atoms with Crippen LogP contribution >= 0.6 is 0 Å². The van der Waals surface area contributed by atoms with Gasteiger partial charge in [-0.05, 0) is 19.1 Å². The molecule has 0 fully saturated rings. The number of nitrogens with zero attached hydrogens (tertiary/aromatic N) is 6. The molecule has 0 saturated carbocycles. The summed E-state index contributed by atoms with van der Waals surface area (Å²) in [6, 6.07) is 16.6. The summed E-state index contributed by atoms with van der Waals surface area (Å²) < 4.78 is 3.34. The van der Waals surface area contributed by atoms with Gasteiger partial charge in [-0.15, -0.1) is 0 Å².